The Bertz CT molecular complexity index is 1740. The standard InChI is InChI=1S/C38H45N3O5S/c1-6-30(5)39-38(43)35(25-31-16-9-8-10-17-31)40(26-32-18-12-11-15-29(32)4)37(42)27-41(34-19-13-14-20-36(34)46-7-2)47(44,45)33-23-21-28(3)22-24-33/h8-24,30,35H,6-7,25-27H2,1-5H3,(H,39,43)/t30-,35-/m1/s1. The molecule has 0 saturated heterocycles. The zero-order valence-corrected chi connectivity index (χ0v) is 28.7. The first-order valence-electron chi connectivity index (χ1n) is 16.0. The molecule has 0 fully saturated rings. The summed E-state index contributed by atoms with van der Waals surface area (Å²) in [4.78, 5) is 30.3. The summed E-state index contributed by atoms with van der Waals surface area (Å²) in [7, 11) is -4.24. The molecule has 47 heavy (non-hydrogen) atoms. The Kier molecular flexibility index (Phi) is 12.2. The summed E-state index contributed by atoms with van der Waals surface area (Å²) in [6, 6.07) is 29.5. The molecule has 0 saturated carbocycles. The van der Waals surface area contributed by atoms with Gasteiger partial charge in [-0.15, -0.1) is 0 Å². The van der Waals surface area contributed by atoms with E-state index < -0.39 is 28.5 Å². The van der Waals surface area contributed by atoms with Gasteiger partial charge < -0.3 is 15.0 Å². The molecular weight excluding hydrogens is 611 g/mol. The summed E-state index contributed by atoms with van der Waals surface area (Å²) >= 11 is 0. The minimum absolute atomic E-state index is 0.0444. The Morgan fingerprint density at radius 3 is 2.13 bits per heavy atom. The van der Waals surface area contributed by atoms with E-state index in [2.05, 4.69) is 5.32 Å². The van der Waals surface area contributed by atoms with Crippen LogP contribution in [0.3, 0.4) is 0 Å². The summed E-state index contributed by atoms with van der Waals surface area (Å²) < 4.78 is 35.7. The maximum absolute atomic E-state index is 14.7. The molecule has 4 rings (SSSR count). The number of nitrogens with one attached hydrogen (secondary N) is 1. The second-order valence-corrected chi connectivity index (χ2v) is 13.6. The minimum atomic E-state index is -4.24. The highest BCUT2D eigenvalue weighted by molar-refractivity contribution is 7.92. The third kappa shape index (κ3) is 9.01. The van der Waals surface area contributed by atoms with E-state index in [9.17, 15) is 18.0 Å². The summed E-state index contributed by atoms with van der Waals surface area (Å²) in [5.41, 5.74) is 3.84. The third-order valence-corrected chi connectivity index (χ3v) is 9.97. The lowest BCUT2D eigenvalue weighted by Gasteiger charge is -2.35. The second-order valence-electron chi connectivity index (χ2n) is 11.7. The smallest absolute Gasteiger partial charge is 0.264 e. The van der Waals surface area contributed by atoms with Crippen molar-refractivity contribution >= 4 is 27.5 Å². The number of ether oxygens (including phenoxy) is 1. The molecular formula is C38H45N3O5S. The van der Waals surface area contributed by atoms with Gasteiger partial charge in [0.15, 0.2) is 0 Å². The van der Waals surface area contributed by atoms with Crippen LogP contribution in [-0.2, 0) is 32.6 Å². The molecule has 4 aromatic rings. The Balaban J connectivity index is 1.85. The number of amides is 2. The predicted octanol–water partition coefficient (Wildman–Crippen LogP) is 6.45. The maximum Gasteiger partial charge on any atom is 0.264 e. The molecule has 0 aliphatic carbocycles. The normalized spacial score (nSPS) is 12.5. The van der Waals surface area contributed by atoms with Crippen LogP contribution in [0.1, 0.15) is 49.4 Å². The molecule has 9 heteroatoms. The van der Waals surface area contributed by atoms with Gasteiger partial charge in [0.25, 0.3) is 10.0 Å². The van der Waals surface area contributed by atoms with Crippen LogP contribution in [-0.4, -0.2) is 50.4 Å². The van der Waals surface area contributed by atoms with E-state index in [1.54, 1.807) is 36.4 Å². The highest BCUT2D eigenvalue weighted by Crippen LogP contribution is 2.33. The molecule has 4 aromatic carbocycles. The van der Waals surface area contributed by atoms with Crippen molar-refractivity contribution in [3.63, 3.8) is 0 Å². The van der Waals surface area contributed by atoms with Crippen LogP contribution < -0.4 is 14.4 Å². The number of hydrogen-bond acceptors (Lipinski definition) is 5. The lowest BCUT2D eigenvalue weighted by Crippen LogP contribution is -2.54. The molecule has 0 spiro atoms. The van der Waals surface area contributed by atoms with Gasteiger partial charge in [0, 0.05) is 19.0 Å². The molecule has 0 aliphatic rings. The fourth-order valence-electron chi connectivity index (χ4n) is 5.26. The average molecular weight is 656 g/mol. The zero-order chi connectivity index (χ0) is 34.0. The van der Waals surface area contributed by atoms with E-state index in [4.69, 9.17) is 4.74 Å². The summed E-state index contributed by atoms with van der Waals surface area (Å²) in [6.07, 6.45) is 0.966. The van der Waals surface area contributed by atoms with Gasteiger partial charge in [0.05, 0.1) is 17.2 Å². The van der Waals surface area contributed by atoms with Gasteiger partial charge in [0.1, 0.15) is 18.3 Å². The maximum atomic E-state index is 14.7. The number of anilines is 1. The second kappa shape index (κ2) is 16.3. The number of aryl methyl sites for hydroxylation is 2. The fraction of sp³-hybridized carbons (Fsp3) is 0.316. The Morgan fingerprint density at radius 2 is 1.47 bits per heavy atom. The van der Waals surface area contributed by atoms with Crippen LogP contribution in [0.25, 0.3) is 0 Å². The van der Waals surface area contributed by atoms with Crippen molar-refractivity contribution in [1.82, 2.24) is 10.2 Å². The zero-order valence-electron chi connectivity index (χ0n) is 27.8. The summed E-state index contributed by atoms with van der Waals surface area (Å²) in [5, 5.41) is 3.07. The summed E-state index contributed by atoms with van der Waals surface area (Å²) in [5.74, 6) is -0.484. The highest BCUT2D eigenvalue weighted by atomic mass is 32.2. The van der Waals surface area contributed by atoms with Crippen molar-refractivity contribution in [3.8, 4) is 5.75 Å². The molecule has 0 aromatic heterocycles. The van der Waals surface area contributed by atoms with Crippen LogP contribution in [0.15, 0.2) is 108 Å². The van der Waals surface area contributed by atoms with Crippen molar-refractivity contribution in [2.24, 2.45) is 0 Å². The van der Waals surface area contributed by atoms with Crippen molar-refractivity contribution in [1.29, 1.82) is 0 Å². The van der Waals surface area contributed by atoms with Gasteiger partial charge in [0.2, 0.25) is 11.8 Å². The lowest BCUT2D eigenvalue weighted by atomic mass is 10.0. The first kappa shape index (κ1) is 35.2. The van der Waals surface area contributed by atoms with Crippen molar-refractivity contribution in [2.75, 3.05) is 17.5 Å². The molecule has 0 aliphatic heterocycles. The van der Waals surface area contributed by atoms with Crippen molar-refractivity contribution < 1.29 is 22.7 Å². The lowest BCUT2D eigenvalue weighted by molar-refractivity contribution is -0.140. The van der Waals surface area contributed by atoms with Gasteiger partial charge in [-0.05, 0) is 75.1 Å². The predicted molar refractivity (Wildman–Crippen MR) is 187 cm³/mol. The number of nitrogens with zero attached hydrogens (tertiary/aromatic N) is 2. The molecule has 0 unspecified atom stereocenters. The highest BCUT2D eigenvalue weighted by Gasteiger charge is 2.36. The van der Waals surface area contributed by atoms with Gasteiger partial charge >= 0.3 is 0 Å². The number of hydrogen-bond donors (Lipinski definition) is 1. The van der Waals surface area contributed by atoms with Gasteiger partial charge in [-0.25, -0.2) is 8.42 Å². The van der Waals surface area contributed by atoms with E-state index in [1.165, 1.54) is 17.0 Å². The fourth-order valence-corrected chi connectivity index (χ4v) is 6.68. The number of benzene rings is 4. The van der Waals surface area contributed by atoms with Crippen LogP contribution in [0.5, 0.6) is 5.75 Å². The van der Waals surface area contributed by atoms with Crippen LogP contribution in [0.2, 0.25) is 0 Å². The molecule has 0 radical (unpaired) electrons. The molecule has 8 nitrogen and oxygen atoms in total. The first-order valence-corrected chi connectivity index (χ1v) is 17.5. The van der Waals surface area contributed by atoms with Gasteiger partial charge in [-0.2, -0.15) is 0 Å². The minimum Gasteiger partial charge on any atom is -0.492 e. The number of sulfonamides is 1. The molecule has 1 N–H and O–H groups in total. The van der Waals surface area contributed by atoms with Gasteiger partial charge in [-0.1, -0.05) is 91.3 Å². The topological polar surface area (TPSA) is 96.0 Å². The van der Waals surface area contributed by atoms with Crippen LogP contribution in [0, 0.1) is 13.8 Å². The molecule has 248 valence electrons. The molecule has 0 bridgehead atoms. The summed E-state index contributed by atoms with van der Waals surface area (Å²) in [6.45, 7) is 9.42. The van der Waals surface area contributed by atoms with Crippen LogP contribution >= 0.6 is 0 Å². The largest absolute Gasteiger partial charge is 0.492 e. The molecule has 0 heterocycles. The van der Waals surface area contributed by atoms with E-state index in [1.807, 2.05) is 89.2 Å². The first-order chi connectivity index (χ1) is 22.5. The van der Waals surface area contributed by atoms with Gasteiger partial charge in [-0.3, -0.25) is 13.9 Å². The van der Waals surface area contributed by atoms with E-state index >= 15 is 0 Å². The number of carbonyl (C=O) groups is 2. The molecule has 2 atom stereocenters. The number of rotatable bonds is 15. The van der Waals surface area contributed by atoms with E-state index in [0.717, 1.165) is 26.6 Å². The third-order valence-electron chi connectivity index (χ3n) is 8.20. The quantitative estimate of drug-likeness (QED) is 0.159. The van der Waals surface area contributed by atoms with Crippen LogP contribution in [0.4, 0.5) is 5.69 Å². The monoisotopic (exact) mass is 655 g/mol. The van der Waals surface area contributed by atoms with Crippen molar-refractivity contribution in [3.05, 3.63) is 125 Å². The number of carbonyl (C=O) groups excluding carboxylic acids is 2. The Labute approximate surface area is 279 Å². The Morgan fingerprint density at radius 1 is 0.830 bits per heavy atom. The van der Waals surface area contributed by atoms with E-state index in [0.29, 0.717) is 18.8 Å². The average Bonchev–Trinajstić information content (AvgIpc) is 3.07. The number of para-hydroxylation sites is 2. The molecule has 2 amide bonds. The van der Waals surface area contributed by atoms with Crippen molar-refractivity contribution in [2.45, 2.75) is 71.0 Å². The Hall–Kier alpha value is -4.63. The van der Waals surface area contributed by atoms with E-state index in [-0.39, 0.29) is 35.5 Å². The SMILES string of the molecule is CCOc1ccccc1N(CC(=O)N(Cc1ccccc1C)[C@H](Cc1ccccc1)C(=O)N[C@H](C)CC)S(=O)(=O)c1ccc(C)cc1.